The van der Waals surface area contributed by atoms with Crippen molar-refractivity contribution in [3.05, 3.63) is 50.7 Å². The topological polar surface area (TPSA) is 28.7 Å². The zero-order valence-electron chi connectivity index (χ0n) is 8.62. The standard InChI is InChI=1S/C12H7Br3N2/c13-6-8-1-3-11(10(14)5-8)17-9(7-16)2-4-12(17)15/h1-5H,6H2. The summed E-state index contributed by atoms with van der Waals surface area (Å²) in [7, 11) is 0. The second kappa shape index (κ2) is 5.38. The van der Waals surface area contributed by atoms with Gasteiger partial charge in [-0.1, -0.05) is 22.0 Å². The van der Waals surface area contributed by atoms with Crippen LogP contribution in [0.1, 0.15) is 11.3 Å². The van der Waals surface area contributed by atoms with E-state index in [1.54, 1.807) is 6.07 Å². The highest BCUT2D eigenvalue weighted by Gasteiger charge is 2.11. The number of aromatic nitrogens is 1. The third kappa shape index (κ3) is 2.49. The molecule has 17 heavy (non-hydrogen) atoms. The molecule has 0 atom stereocenters. The predicted octanol–water partition coefficient (Wildman–Crippen LogP) is 4.77. The van der Waals surface area contributed by atoms with Gasteiger partial charge in [-0.3, -0.25) is 4.57 Å². The molecule has 0 saturated heterocycles. The highest BCUT2D eigenvalue weighted by atomic mass is 79.9. The van der Waals surface area contributed by atoms with Crippen LogP contribution in [-0.4, -0.2) is 4.57 Å². The van der Waals surface area contributed by atoms with Crippen LogP contribution in [0.3, 0.4) is 0 Å². The van der Waals surface area contributed by atoms with Gasteiger partial charge in [-0.05, 0) is 61.7 Å². The van der Waals surface area contributed by atoms with Gasteiger partial charge in [0.1, 0.15) is 11.8 Å². The van der Waals surface area contributed by atoms with Gasteiger partial charge in [-0.2, -0.15) is 5.26 Å². The summed E-state index contributed by atoms with van der Waals surface area (Å²) in [6.45, 7) is 0. The number of benzene rings is 1. The Balaban J connectivity index is 2.61. The van der Waals surface area contributed by atoms with Crippen LogP contribution < -0.4 is 0 Å². The van der Waals surface area contributed by atoms with Gasteiger partial charge in [0.25, 0.3) is 0 Å². The second-order valence-corrected chi connectivity index (χ2v) is 5.64. The van der Waals surface area contributed by atoms with E-state index in [0.717, 1.165) is 20.1 Å². The minimum Gasteiger partial charge on any atom is -0.294 e. The molecule has 1 heterocycles. The summed E-state index contributed by atoms with van der Waals surface area (Å²) in [5, 5.41) is 9.88. The number of hydrogen-bond acceptors (Lipinski definition) is 1. The summed E-state index contributed by atoms with van der Waals surface area (Å²) in [6, 6.07) is 11.9. The molecule has 0 radical (unpaired) electrons. The SMILES string of the molecule is N#Cc1ccc(Br)n1-c1ccc(CBr)cc1Br. The molecule has 0 bridgehead atoms. The molecule has 86 valence electrons. The van der Waals surface area contributed by atoms with E-state index in [2.05, 4.69) is 53.9 Å². The first-order valence-electron chi connectivity index (χ1n) is 4.79. The van der Waals surface area contributed by atoms with E-state index in [4.69, 9.17) is 5.26 Å². The molecular weight excluding hydrogens is 412 g/mol. The number of hydrogen-bond donors (Lipinski definition) is 0. The smallest absolute Gasteiger partial charge is 0.125 e. The Hall–Kier alpha value is -0.570. The first kappa shape index (κ1) is 12.9. The molecule has 2 nitrogen and oxygen atoms in total. The van der Waals surface area contributed by atoms with E-state index < -0.39 is 0 Å². The largest absolute Gasteiger partial charge is 0.294 e. The Bertz CT molecular complexity index is 596. The van der Waals surface area contributed by atoms with Gasteiger partial charge in [0.05, 0.1) is 10.3 Å². The zero-order valence-corrected chi connectivity index (χ0v) is 13.4. The van der Waals surface area contributed by atoms with Crippen LogP contribution in [-0.2, 0) is 5.33 Å². The van der Waals surface area contributed by atoms with Crippen molar-refractivity contribution in [1.29, 1.82) is 5.26 Å². The van der Waals surface area contributed by atoms with E-state index in [9.17, 15) is 0 Å². The average molecular weight is 419 g/mol. The quantitative estimate of drug-likeness (QED) is 0.646. The molecule has 2 rings (SSSR count). The number of halogens is 3. The van der Waals surface area contributed by atoms with Crippen molar-refractivity contribution in [2.24, 2.45) is 0 Å². The molecule has 0 spiro atoms. The fourth-order valence-corrected chi connectivity index (χ4v) is 3.03. The summed E-state index contributed by atoms with van der Waals surface area (Å²) in [5.74, 6) is 0. The van der Waals surface area contributed by atoms with Crippen LogP contribution in [0.2, 0.25) is 0 Å². The van der Waals surface area contributed by atoms with Gasteiger partial charge in [0.2, 0.25) is 0 Å². The monoisotopic (exact) mass is 416 g/mol. The number of alkyl halides is 1. The molecule has 0 aliphatic carbocycles. The number of nitrogens with zero attached hydrogens (tertiary/aromatic N) is 2. The van der Waals surface area contributed by atoms with Crippen molar-refractivity contribution < 1.29 is 0 Å². The zero-order chi connectivity index (χ0) is 12.4. The van der Waals surface area contributed by atoms with Crippen LogP contribution in [0.5, 0.6) is 0 Å². The summed E-state index contributed by atoms with van der Waals surface area (Å²) < 4.78 is 3.69. The van der Waals surface area contributed by atoms with Gasteiger partial charge in [0, 0.05) is 9.80 Å². The third-order valence-electron chi connectivity index (χ3n) is 2.36. The van der Waals surface area contributed by atoms with E-state index >= 15 is 0 Å². The number of rotatable bonds is 2. The van der Waals surface area contributed by atoms with E-state index in [1.165, 1.54) is 5.56 Å². The lowest BCUT2D eigenvalue weighted by atomic mass is 10.2. The van der Waals surface area contributed by atoms with Crippen LogP contribution in [0.4, 0.5) is 0 Å². The predicted molar refractivity (Wildman–Crippen MR) is 78.5 cm³/mol. The molecule has 1 aromatic heterocycles. The van der Waals surface area contributed by atoms with Crippen molar-refractivity contribution in [2.75, 3.05) is 0 Å². The molecule has 2 aromatic rings. The molecule has 0 N–H and O–H groups in total. The Morgan fingerprint density at radius 1 is 1.18 bits per heavy atom. The van der Waals surface area contributed by atoms with Gasteiger partial charge in [-0.25, -0.2) is 0 Å². The van der Waals surface area contributed by atoms with Crippen LogP contribution >= 0.6 is 47.8 Å². The van der Waals surface area contributed by atoms with E-state index in [1.807, 2.05) is 28.8 Å². The van der Waals surface area contributed by atoms with Crippen molar-refractivity contribution in [3.8, 4) is 11.8 Å². The second-order valence-electron chi connectivity index (χ2n) is 3.41. The molecule has 1 aromatic carbocycles. The third-order valence-corrected chi connectivity index (χ3v) is 4.26. The maximum Gasteiger partial charge on any atom is 0.125 e. The number of nitriles is 1. The van der Waals surface area contributed by atoms with Crippen LogP contribution in [0.15, 0.2) is 39.4 Å². The van der Waals surface area contributed by atoms with Gasteiger partial charge in [0.15, 0.2) is 0 Å². The van der Waals surface area contributed by atoms with E-state index in [0.29, 0.717) is 5.69 Å². The normalized spacial score (nSPS) is 10.2. The molecule has 0 aliphatic heterocycles. The molecule has 0 fully saturated rings. The Morgan fingerprint density at radius 2 is 1.94 bits per heavy atom. The molecular formula is C12H7Br3N2. The molecule has 0 unspecified atom stereocenters. The van der Waals surface area contributed by atoms with Gasteiger partial charge < -0.3 is 0 Å². The molecule has 5 heteroatoms. The van der Waals surface area contributed by atoms with Crippen LogP contribution in [0, 0.1) is 11.3 Å². The van der Waals surface area contributed by atoms with Crippen molar-refractivity contribution in [2.45, 2.75) is 5.33 Å². The average Bonchev–Trinajstić information content (AvgIpc) is 2.70. The van der Waals surface area contributed by atoms with Crippen molar-refractivity contribution in [3.63, 3.8) is 0 Å². The highest BCUT2D eigenvalue weighted by Crippen LogP contribution is 2.28. The molecule has 0 amide bonds. The fraction of sp³-hybridized carbons (Fsp3) is 0.0833. The first-order chi connectivity index (χ1) is 8.17. The minimum absolute atomic E-state index is 0.601. The molecule has 0 saturated carbocycles. The van der Waals surface area contributed by atoms with Crippen molar-refractivity contribution in [1.82, 2.24) is 4.57 Å². The summed E-state index contributed by atoms with van der Waals surface area (Å²) in [6.07, 6.45) is 0. The highest BCUT2D eigenvalue weighted by molar-refractivity contribution is 9.11. The Morgan fingerprint density at radius 3 is 2.53 bits per heavy atom. The first-order valence-corrected chi connectivity index (χ1v) is 7.50. The van der Waals surface area contributed by atoms with Crippen LogP contribution in [0.25, 0.3) is 5.69 Å². The van der Waals surface area contributed by atoms with Crippen molar-refractivity contribution >= 4 is 47.8 Å². The summed E-state index contributed by atoms with van der Waals surface area (Å²) >= 11 is 10.4. The molecule has 0 aliphatic rings. The van der Waals surface area contributed by atoms with Gasteiger partial charge in [-0.15, -0.1) is 0 Å². The fourth-order valence-electron chi connectivity index (χ4n) is 1.56. The lowest BCUT2D eigenvalue weighted by Gasteiger charge is -2.10. The Kier molecular flexibility index (Phi) is 4.08. The maximum absolute atomic E-state index is 9.07. The van der Waals surface area contributed by atoms with E-state index in [-0.39, 0.29) is 0 Å². The minimum atomic E-state index is 0.601. The maximum atomic E-state index is 9.07. The summed E-state index contributed by atoms with van der Waals surface area (Å²) in [5.41, 5.74) is 2.73. The Labute approximate surface area is 125 Å². The lowest BCUT2D eigenvalue weighted by Crippen LogP contribution is -1.98. The lowest BCUT2D eigenvalue weighted by molar-refractivity contribution is 1.01. The van der Waals surface area contributed by atoms with Gasteiger partial charge >= 0.3 is 0 Å². The summed E-state index contributed by atoms with van der Waals surface area (Å²) in [4.78, 5) is 0.